The second kappa shape index (κ2) is 3.73. The molecule has 0 aliphatic rings. The van der Waals surface area contributed by atoms with Crippen LogP contribution in [0.5, 0.6) is 0 Å². The molecule has 14 heavy (non-hydrogen) atoms. The lowest BCUT2D eigenvalue weighted by atomic mass is 10.1. The molecular formula is C9H5BrF4. The SMILES string of the molecule is C=Cc1c(F)ccc(C(F)(F)F)c1Br. The van der Waals surface area contributed by atoms with Gasteiger partial charge in [-0.3, -0.25) is 0 Å². The normalized spacial score (nSPS) is 11.5. The van der Waals surface area contributed by atoms with Crippen LogP contribution in [0.3, 0.4) is 0 Å². The van der Waals surface area contributed by atoms with Crippen molar-refractivity contribution >= 4 is 22.0 Å². The average Bonchev–Trinajstić information content (AvgIpc) is 2.02. The van der Waals surface area contributed by atoms with Crippen LogP contribution in [0.1, 0.15) is 11.1 Å². The van der Waals surface area contributed by atoms with Gasteiger partial charge in [0.05, 0.1) is 5.56 Å². The van der Waals surface area contributed by atoms with Gasteiger partial charge in [-0.25, -0.2) is 4.39 Å². The fourth-order valence-electron chi connectivity index (χ4n) is 0.975. The maximum absolute atomic E-state index is 13.0. The summed E-state index contributed by atoms with van der Waals surface area (Å²) in [5.74, 6) is -0.736. The Morgan fingerprint density at radius 2 is 1.86 bits per heavy atom. The van der Waals surface area contributed by atoms with Gasteiger partial charge in [-0.15, -0.1) is 0 Å². The highest BCUT2D eigenvalue weighted by molar-refractivity contribution is 9.10. The van der Waals surface area contributed by atoms with Crippen LogP contribution >= 0.6 is 15.9 Å². The Kier molecular flexibility index (Phi) is 2.99. The van der Waals surface area contributed by atoms with Crippen molar-refractivity contribution in [1.29, 1.82) is 0 Å². The first-order valence-electron chi connectivity index (χ1n) is 3.55. The van der Waals surface area contributed by atoms with E-state index >= 15 is 0 Å². The van der Waals surface area contributed by atoms with Crippen molar-refractivity contribution in [3.05, 3.63) is 40.1 Å². The van der Waals surface area contributed by atoms with Gasteiger partial charge in [0.15, 0.2) is 0 Å². The standard InChI is InChI=1S/C9H5BrF4/c1-2-5-7(11)4-3-6(8(5)10)9(12,13)14/h2-4H,1H2. The molecule has 0 spiro atoms. The number of halogens is 5. The molecule has 0 saturated heterocycles. The van der Waals surface area contributed by atoms with E-state index in [4.69, 9.17) is 0 Å². The van der Waals surface area contributed by atoms with Crippen LogP contribution in [0, 0.1) is 5.82 Å². The van der Waals surface area contributed by atoms with Crippen molar-refractivity contribution in [2.24, 2.45) is 0 Å². The first-order valence-corrected chi connectivity index (χ1v) is 4.35. The predicted molar refractivity (Wildman–Crippen MR) is 49.2 cm³/mol. The molecule has 0 N–H and O–H groups in total. The van der Waals surface area contributed by atoms with Gasteiger partial charge in [-0.1, -0.05) is 12.7 Å². The van der Waals surface area contributed by atoms with Crippen LogP contribution in [0.15, 0.2) is 23.2 Å². The molecule has 76 valence electrons. The minimum absolute atomic E-state index is 0.181. The van der Waals surface area contributed by atoms with E-state index in [1.54, 1.807) is 0 Å². The van der Waals surface area contributed by atoms with Gasteiger partial charge in [0.1, 0.15) is 5.82 Å². The van der Waals surface area contributed by atoms with Crippen molar-refractivity contribution < 1.29 is 17.6 Å². The lowest BCUT2D eigenvalue weighted by Gasteiger charge is -2.11. The van der Waals surface area contributed by atoms with Crippen molar-refractivity contribution in [3.8, 4) is 0 Å². The molecule has 0 atom stereocenters. The first kappa shape index (κ1) is 11.2. The average molecular weight is 269 g/mol. The third kappa shape index (κ3) is 1.97. The molecule has 0 unspecified atom stereocenters. The summed E-state index contributed by atoms with van der Waals surface area (Å²) in [6.07, 6.45) is -3.46. The summed E-state index contributed by atoms with van der Waals surface area (Å²) >= 11 is 2.70. The third-order valence-electron chi connectivity index (χ3n) is 1.64. The van der Waals surface area contributed by atoms with E-state index in [0.29, 0.717) is 6.07 Å². The van der Waals surface area contributed by atoms with Gasteiger partial charge in [0.2, 0.25) is 0 Å². The second-order valence-electron chi connectivity index (χ2n) is 2.52. The topological polar surface area (TPSA) is 0 Å². The largest absolute Gasteiger partial charge is 0.417 e. The van der Waals surface area contributed by atoms with Crippen LogP contribution in [-0.2, 0) is 6.18 Å². The molecule has 1 aromatic carbocycles. The van der Waals surface area contributed by atoms with Gasteiger partial charge >= 0.3 is 6.18 Å². The molecule has 0 nitrogen and oxygen atoms in total. The van der Waals surface area contributed by atoms with Gasteiger partial charge in [-0.2, -0.15) is 13.2 Å². The number of alkyl halides is 3. The molecule has 0 amide bonds. The Morgan fingerprint density at radius 1 is 1.29 bits per heavy atom. The molecule has 0 radical (unpaired) electrons. The van der Waals surface area contributed by atoms with Crippen LogP contribution in [0.2, 0.25) is 0 Å². The fraction of sp³-hybridized carbons (Fsp3) is 0.111. The van der Waals surface area contributed by atoms with E-state index in [-0.39, 0.29) is 10.0 Å². The smallest absolute Gasteiger partial charge is 0.206 e. The van der Waals surface area contributed by atoms with Crippen LogP contribution in [-0.4, -0.2) is 0 Å². The zero-order valence-corrected chi connectivity index (χ0v) is 8.41. The Labute approximate surface area is 86.4 Å². The van der Waals surface area contributed by atoms with E-state index in [1.165, 1.54) is 0 Å². The third-order valence-corrected chi connectivity index (χ3v) is 2.49. The highest BCUT2D eigenvalue weighted by Gasteiger charge is 2.34. The quantitative estimate of drug-likeness (QED) is 0.668. The summed E-state index contributed by atoms with van der Waals surface area (Å²) in [5.41, 5.74) is -1.09. The highest BCUT2D eigenvalue weighted by atomic mass is 79.9. The molecule has 1 rings (SSSR count). The van der Waals surface area contributed by atoms with Crippen LogP contribution < -0.4 is 0 Å². The minimum Gasteiger partial charge on any atom is -0.206 e. The minimum atomic E-state index is -4.50. The van der Waals surface area contributed by atoms with Gasteiger partial charge in [-0.05, 0) is 28.1 Å². The molecule has 0 aromatic heterocycles. The first-order chi connectivity index (χ1) is 6.38. The van der Waals surface area contributed by atoms with Crippen molar-refractivity contribution in [3.63, 3.8) is 0 Å². The molecule has 0 aliphatic heterocycles. The van der Waals surface area contributed by atoms with Gasteiger partial charge in [0, 0.05) is 10.0 Å². The number of rotatable bonds is 1. The van der Waals surface area contributed by atoms with Crippen molar-refractivity contribution in [1.82, 2.24) is 0 Å². The molecule has 0 heterocycles. The number of benzene rings is 1. The Balaban J connectivity index is 3.43. The van der Waals surface area contributed by atoms with E-state index in [0.717, 1.165) is 12.1 Å². The van der Waals surface area contributed by atoms with E-state index in [1.807, 2.05) is 0 Å². The van der Waals surface area contributed by atoms with E-state index < -0.39 is 17.6 Å². The molecular weight excluding hydrogens is 264 g/mol. The molecule has 0 saturated carbocycles. The van der Waals surface area contributed by atoms with E-state index in [9.17, 15) is 17.6 Å². The fourth-order valence-corrected chi connectivity index (χ4v) is 1.68. The Morgan fingerprint density at radius 3 is 2.29 bits per heavy atom. The lowest BCUT2D eigenvalue weighted by molar-refractivity contribution is -0.138. The second-order valence-corrected chi connectivity index (χ2v) is 3.32. The monoisotopic (exact) mass is 268 g/mol. The molecule has 0 aliphatic carbocycles. The van der Waals surface area contributed by atoms with Gasteiger partial charge in [0.25, 0.3) is 0 Å². The summed E-state index contributed by atoms with van der Waals surface area (Å²) < 4.78 is 49.6. The molecule has 5 heteroatoms. The van der Waals surface area contributed by atoms with Gasteiger partial charge < -0.3 is 0 Å². The van der Waals surface area contributed by atoms with Crippen molar-refractivity contribution in [2.45, 2.75) is 6.18 Å². The summed E-state index contributed by atoms with van der Waals surface area (Å²) in [6, 6.07) is 1.46. The van der Waals surface area contributed by atoms with Crippen LogP contribution in [0.25, 0.3) is 6.08 Å². The molecule has 1 aromatic rings. The number of hydrogen-bond acceptors (Lipinski definition) is 0. The highest BCUT2D eigenvalue weighted by Crippen LogP contribution is 2.37. The predicted octanol–water partition coefficient (Wildman–Crippen LogP) is 4.25. The Bertz CT molecular complexity index is 368. The summed E-state index contributed by atoms with van der Waals surface area (Å²) in [4.78, 5) is 0. The zero-order valence-electron chi connectivity index (χ0n) is 6.83. The van der Waals surface area contributed by atoms with Crippen LogP contribution in [0.4, 0.5) is 17.6 Å². The summed E-state index contributed by atoms with van der Waals surface area (Å²) in [5, 5.41) is 0. The Hall–Kier alpha value is -0.840. The summed E-state index contributed by atoms with van der Waals surface area (Å²) in [6.45, 7) is 3.24. The maximum Gasteiger partial charge on any atom is 0.417 e. The zero-order chi connectivity index (χ0) is 10.9. The van der Waals surface area contributed by atoms with Crippen molar-refractivity contribution in [2.75, 3.05) is 0 Å². The summed E-state index contributed by atoms with van der Waals surface area (Å²) in [7, 11) is 0. The number of hydrogen-bond donors (Lipinski definition) is 0. The molecule has 0 fully saturated rings. The van der Waals surface area contributed by atoms with E-state index in [2.05, 4.69) is 22.5 Å². The lowest BCUT2D eigenvalue weighted by Crippen LogP contribution is -2.07. The molecule has 0 bridgehead atoms. The maximum atomic E-state index is 13.0.